The number of nitrogens with one attached hydrogen (secondary N) is 1. The molecule has 0 bridgehead atoms. The Labute approximate surface area is 96.0 Å². The van der Waals surface area contributed by atoms with Crippen LogP contribution in [0, 0.1) is 0 Å². The quantitative estimate of drug-likeness (QED) is 0.312. The molecule has 0 spiro atoms. The first-order valence-electron chi connectivity index (χ1n) is 6.77. The van der Waals surface area contributed by atoms with Crippen LogP contribution in [0.2, 0.25) is 0 Å². The Kier molecular flexibility index (Phi) is 11.9. The highest BCUT2D eigenvalue weighted by Gasteiger charge is 1.97. The minimum absolute atomic E-state index is 0.481. The molecule has 1 atom stereocenters. The molecular weight excluding hydrogens is 184 g/mol. The molecule has 92 valence electrons. The number of hydrogen-bond acceptors (Lipinski definition) is 2. The molecule has 0 fully saturated rings. The Morgan fingerprint density at radius 1 is 0.867 bits per heavy atom. The fraction of sp³-hybridized carbons (Fsp3) is 1.00. The normalized spacial score (nSPS) is 13.0. The van der Waals surface area contributed by atoms with E-state index >= 15 is 0 Å². The zero-order chi connectivity index (χ0) is 11.4. The van der Waals surface area contributed by atoms with Gasteiger partial charge in [-0.1, -0.05) is 64.7 Å². The fourth-order valence-electron chi connectivity index (χ4n) is 1.84. The van der Waals surface area contributed by atoms with Gasteiger partial charge in [0.15, 0.2) is 0 Å². The predicted molar refractivity (Wildman–Crippen MR) is 68.6 cm³/mol. The molecule has 0 saturated carbocycles. The molecule has 0 aliphatic rings. The van der Waals surface area contributed by atoms with Crippen LogP contribution in [-0.4, -0.2) is 6.04 Å². The number of nitrogens with two attached hydrogens (primary N) is 1. The predicted octanol–water partition coefficient (Wildman–Crippen LogP) is 3.76. The topological polar surface area (TPSA) is 38.0 Å². The largest absolute Gasteiger partial charge is 0.271 e. The Morgan fingerprint density at radius 2 is 1.33 bits per heavy atom. The summed E-state index contributed by atoms with van der Waals surface area (Å²) in [6, 6.07) is 0.481. The van der Waals surface area contributed by atoms with E-state index in [0.717, 1.165) is 0 Å². The van der Waals surface area contributed by atoms with Gasteiger partial charge >= 0.3 is 0 Å². The van der Waals surface area contributed by atoms with Gasteiger partial charge in [-0.25, -0.2) is 0 Å². The molecule has 0 aliphatic heterocycles. The molecule has 0 aromatic rings. The first-order chi connectivity index (χ1) is 7.31. The van der Waals surface area contributed by atoms with Crippen LogP contribution in [0.1, 0.15) is 78.1 Å². The summed E-state index contributed by atoms with van der Waals surface area (Å²) in [5.74, 6) is 5.33. The molecule has 3 N–H and O–H groups in total. The monoisotopic (exact) mass is 214 g/mol. The van der Waals surface area contributed by atoms with Gasteiger partial charge in [0.25, 0.3) is 0 Å². The average molecular weight is 214 g/mol. The van der Waals surface area contributed by atoms with E-state index in [4.69, 9.17) is 5.84 Å². The van der Waals surface area contributed by atoms with Gasteiger partial charge in [-0.2, -0.15) is 0 Å². The summed E-state index contributed by atoms with van der Waals surface area (Å²) in [6.07, 6.45) is 13.8. The lowest BCUT2D eigenvalue weighted by Crippen LogP contribution is -2.32. The van der Waals surface area contributed by atoms with Crippen molar-refractivity contribution < 1.29 is 0 Å². The van der Waals surface area contributed by atoms with E-state index in [1.165, 1.54) is 64.2 Å². The molecule has 0 aromatic carbocycles. The van der Waals surface area contributed by atoms with Gasteiger partial charge in [-0.15, -0.1) is 0 Å². The maximum atomic E-state index is 5.33. The molecule has 0 saturated heterocycles. The molecule has 0 amide bonds. The van der Waals surface area contributed by atoms with Gasteiger partial charge in [0.1, 0.15) is 0 Å². The summed E-state index contributed by atoms with van der Waals surface area (Å²) in [6.45, 7) is 4.41. The van der Waals surface area contributed by atoms with Crippen molar-refractivity contribution in [1.29, 1.82) is 0 Å². The first-order valence-corrected chi connectivity index (χ1v) is 6.77. The van der Waals surface area contributed by atoms with Gasteiger partial charge in [-0.05, 0) is 13.3 Å². The zero-order valence-electron chi connectivity index (χ0n) is 10.7. The van der Waals surface area contributed by atoms with Crippen molar-refractivity contribution >= 4 is 0 Å². The lowest BCUT2D eigenvalue weighted by Gasteiger charge is -2.08. The van der Waals surface area contributed by atoms with E-state index in [-0.39, 0.29) is 0 Å². The van der Waals surface area contributed by atoms with Crippen LogP contribution in [0.5, 0.6) is 0 Å². The van der Waals surface area contributed by atoms with Gasteiger partial charge in [0.05, 0.1) is 0 Å². The summed E-state index contributed by atoms with van der Waals surface area (Å²) in [5, 5.41) is 0. The second-order valence-corrected chi connectivity index (χ2v) is 4.68. The molecule has 0 heterocycles. The number of unbranched alkanes of at least 4 members (excludes halogenated alkanes) is 8. The highest BCUT2D eigenvalue weighted by Crippen LogP contribution is 2.10. The molecule has 0 aliphatic carbocycles. The highest BCUT2D eigenvalue weighted by atomic mass is 15.2. The summed E-state index contributed by atoms with van der Waals surface area (Å²) in [4.78, 5) is 0. The molecule has 2 heteroatoms. The number of hydrazine groups is 1. The molecule has 0 radical (unpaired) electrons. The van der Waals surface area contributed by atoms with Crippen molar-refractivity contribution in [3.63, 3.8) is 0 Å². The Bertz CT molecular complexity index is 115. The minimum Gasteiger partial charge on any atom is -0.271 e. The molecule has 0 aromatic heterocycles. The van der Waals surface area contributed by atoms with E-state index in [1.54, 1.807) is 0 Å². The first kappa shape index (κ1) is 14.9. The van der Waals surface area contributed by atoms with Crippen LogP contribution >= 0.6 is 0 Å². The third-order valence-corrected chi connectivity index (χ3v) is 3.03. The smallest absolute Gasteiger partial charge is 0.0182 e. The second-order valence-electron chi connectivity index (χ2n) is 4.68. The lowest BCUT2D eigenvalue weighted by atomic mass is 10.1. The molecular formula is C13H30N2. The Hall–Kier alpha value is -0.0800. The third-order valence-electron chi connectivity index (χ3n) is 3.03. The van der Waals surface area contributed by atoms with Crippen molar-refractivity contribution in [2.24, 2.45) is 5.84 Å². The van der Waals surface area contributed by atoms with E-state index in [2.05, 4.69) is 19.3 Å². The summed E-state index contributed by atoms with van der Waals surface area (Å²) >= 11 is 0. The van der Waals surface area contributed by atoms with E-state index in [1.807, 2.05) is 0 Å². The van der Waals surface area contributed by atoms with Crippen LogP contribution < -0.4 is 11.3 Å². The van der Waals surface area contributed by atoms with Crippen molar-refractivity contribution in [2.75, 3.05) is 0 Å². The number of rotatable bonds is 11. The van der Waals surface area contributed by atoms with Gasteiger partial charge < -0.3 is 0 Å². The average Bonchev–Trinajstić information content (AvgIpc) is 2.26. The van der Waals surface area contributed by atoms with Gasteiger partial charge in [0.2, 0.25) is 0 Å². The zero-order valence-corrected chi connectivity index (χ0v) is 10.7. The van der Waals surface area contributed by atoms with Crippen LogP contribution in [0.25, 0.3) is 0 Å². The van der Waals surface area contributed by atoms with Gasteiger partial charge in [0, 0.05) is 6.04 Å². The summed E-state index contributed by atoms with van der Waals surface area (Å²) in [7, 11) is 0. The molecule has 1 unspecified atom stereocenters. The van der Waals surface area contributed by atoms with Crippen LogP contribution in [-0.2, 0) is 0 Å². The standard InChI is InChI=1S/C13H30N2/c1-3-4-5-6-7-8-9-10-11-12-13(2)15-14/h13,15H,3-12,14H2,1-2H3. The Balaban J connectivity index is 2.92. The molecule has 0 rings (SSSR count). The van der Waals surface area contributed by atoms with Crippen molar-refractivity contribution in [3.8, 4) is 0 Å². The van der Waals surface area contributed by atoms with Crippen LogP contribution in [0.15, 0.2) is 0 Å². The number of hydrogen-bond donors (Lipinski definition) is 2. The maximum absolute atomic E-state index is 5.33. The summed E-state index contributed by atoms with van der Waals surface area (Å²) in [5.41, 5.74) is 2.79. The second kappa shape index (κ2) is 12.0. The van der Waals surface area contributed by atoms with E-state index in [0.29, 0.717) is 6.04 Å². The molecule has 15 heavy (non-hydrogen) atoms. The third kappa shape index (κ3) is 11.8. The van der Waals surface area contributed by atoms with Crippen LogP contribution in [0.4, 0.5) is 0 Å². The van der Waals surface area contributed by atoms with Gasteiger partial charge in [-0.3, -0.25) is 11.3 Å². The van der Waals surface area contributed by atoms with Crippen molar-refractivity contribution in [1.82, 2.24) is 5.43 Å². The maximum Gasteiger partial charge on any atom is 0.0182 e. The van der Waals surface area contributed by atoms with E-state index in [9.17, 15) is 0 Å². The minimum atomic E-state index is 0.481. The molecule has 2 nitrogen and oxygen atoms in total. The summed E-state index contributed by atoms with van der Waals surface area (Å²) < 4.78 is 0. The SMILES string of the molecule is CCCCCCCCCCCC(C)NN. The van der Waals surface area contributed by atoms with Crippen molar-refractivity contribution in [2.45, 2.75) is 84.1 Å². The fourth-order valence-corrected chi connectivity index (χ4v) is 1.84. The van der Waals surface area contributed by atoms with Crippen LogP contribution in [0.3, 0.4) is 0 Å². The van der Waals surface area contributed by atoms with E-state index < -0.39 is 0 Å². The highest BCUT2D eigenvalue weighted by molar-refractivity contribution is 4.55. The van der Waals surface area contributed by atoms with Crippen molar-refractivity contribution in [3.05, 3.63) is 0 Å². The lowest BCUT2D eigenvalue weighted by molar-refractivity contribution is 0.486. The Morgan fingerprint density at radius 3 is 1.80 bits per heavy atom.